The Hall–Kier alpha value is -0.900. The Bertz CT molecular complexity index is 373. The van der Waals surface area contributed by atoms with Crippen molar-refractivity contribution in [3.63, 3.8) is 0 Å². The smallest absolute Gasteiger partial charge is 0.0645 e. The lowest BCUT2D eigenvalue weighted by atomic mass is 10.0. The quantitative estimate of drug-likeness (QED) is 0.882. The van der Waals surface area contributed by atoms with E-state index in [2.05, 4.69) is 48.3 Å². The first kappa shape index (κ1) is 13.5. The van der Waals surface area contributed by atoms with E-state index < -0.39 is 0 Å². The maximum Gasteiger partial charge on any atom is 0.0645 e. The monoisotopic (exact) mass is 248 g/mol. The average Bonchev–Trinajstić information content (AvgIpc) is 2.34. The zero-order chi connectivity index (χ0) is 13.0. The standard InChI is InChI=1S/C15H24N2O/c1-15(2)12-18-9-8-17(15)11-14-6-4-13(5-7-14)10-16-3/h4-7,16H,8-12H2,1-3H3. The number of ether oxygens (including phenoxy) is 1. The summed E-state index contributed by atoms with van der Waals surface area (Å²) in [5, 5.41) is 3.17. The summed E-state index contributed by atoms with van der Waals surface area (Å²) >= 11 is 0. The summed E-state index contributed by atoms with van der Waals surface area (Å²) in [6.45, 7) is 9.14. The minimum Gasteiger partial charge on any atom is -0.378 e. The van der Waals surface area contributed by atoms with Gasteiger partial charge in [-0.2, -0.15) is 0 Å². The van der Waals surface area contributed by atoms with Crippen LogP contribution in [0.1, 0.15) is 25.0 Å². The summed E-state index contributed by atoms with van der Waals surface area (Å²) in [5.74, 6) is 0. The van der Waals surface area contributed by atoms with Crippen LogP contribution < -0.4 is 5.32 Å². The summed E-state index contributed by atoms with van der Waals surface area (Å²) in [7, 11) is 1.98. The fourth-order valence-corrected chi connectivity index (χ4v) is 2.37. The molecular weight excluding hydrogens is 224 g/mol. The second kappa shape index (κ2) is 5.83. The minimum absolute atomic E-state index is 0.141. The van der Waals surface area contributed by atoms with Crippen molar-refractivity contribution in [2.24, 2.45) is 0 Å². The van der Waals surface area contributed by atoms with Crippen molar-refractivity contribution >= 4 is 0 Å². The Balaban J connectivity index is 1.99. The Morgan fingerprint density at radius 1 is 1.22 bits per heavy atom. The number of hydrogen-bond donors (Lipinski definition) is 1. The molecule has 1 aliphatic rings. The molecule has 0 amide bonds. The summed E-state index contributed by atoms with van der Waals surface area (Å²) in [5.41, 5.74) is 2.86. The van der Waals surface area contributed by atoms with E-state index in [4.69, 9.17) is 4.74 Å². The van der Waals surface area contributed by atoms with E-state index in [-0.39, 0.29) is 5.54 Å². The molecular formula is C15H24N2O. The molecule has 2 rings (SSSR count). The van der Waals surface area contributed by atoms with Crippen LogP contribution in [-0.2, 0) is 17.8 Å². The lowest BCUT2D eigenvalue weighted by molar-refractivity contribution is -0.0552. The summed E-state index contributed by atoms with van der Waals surface area (Å²) in [4.78, 5) is 2.50. The molecule has 0 aliphatic carbocycles. The lowest BCUT2D eigenvalue weighted by Crippen LogP contribution is -2.52. The van der Waals surface area contributed by atoms with E-state index in [9.17, 15) is 0 Å². The minimum atomic E-state index is 0.141. The van der Waals surface area contributed by atoms with Crippen LogP contribution in [0.2, 0.25) is 0 Å². The molecule has 1 N–H and O–H groups in total. The van der Waals surface area contributed by atoms with E-state index in [1.807, 2.05) is 7.05 Å². The lowest BCUT2D eigenvalue weighted by Gasteiger charge is -2.42. The highest BCUT2D eigenvalue weighted by Crippen LogP contribution is 2.21. The largest absolute Gasteiger partial charge is 0.378 e. The van der Waals surface area contributed by atoms with Gasteiger partial charge in [-0.3, -0.25) is 4.90 Å². The molecule has 0 aromatic heterocycles. The van der Waals surface area contributed by atoms with Gasteiger partial charge in [-0.05, 0) is 32.0 Å². The fourth-order valence-electron chi connectivity index (χ4n) is 2.37. The summed E-state index contributed by atoms with van der Waals surface area (Å²) in [6, 6.07) is 8.88. The van der Waals surface area contributed by atoms with E-state index in [1.54, 1.807) is 0 Å². The van der Waals surface area contributed by atoms with Gasteiger partial charge < -0.3 is 10.1 Å². The molecule has 0 bridgehead atoms. The SMILES string of the molecule is CNCc1ccc(CN2CCOCC2(C)C)cc1. The molecule has 0 spiro atoms. The van der Waals surface area contributed by atoms with Gasteiger partial charge in [0.05, 0.1) is 13.2 Å². The van der Waals surface area contributed by atoms with Crippen molar-refractivity contribution < 1.29 is 4.74 Å². The third-order valence-corrected chi connectivity index (χ3v) is 3.59. The van der Waals surface area contributed by atoms with Gasteiger partial charge in [0.25, 0.3) is 0 Å². The Morgan fingerprint density at radius 3 is 2.50 bits per heavy atom. The predicted molar refractivity (Wildman–Crippen MR) is 74.5 cm³/mol. The van der Waals surface area contributed by atoms with Crippen LogP contribution in [0.25, 0.3) is 0 Å². The van der Waals surface area contributed by atoms with Gasteiger partial charge in [-0.1, -0.05) is 24.3 Å². The highest BCUT2D eigenvalue weighted by Gasteiger charge is 2.30. The van der Waals surface area contributed by atoms with Crippen LogP contribution in [0.15, 0.2) is 24.3 Å². The first-order valence-electron chi connectivity index (χ1n) is 6.67. The highest BCUT2D eigenvalue weighted by atomic mass is 16.5. The van der Waals surface area contributed by atoms with Crippen molar-refractivity contribution in [3.05, 3.63) is 35.4 Å². The molecule has 1 aromatic rings. The zero-order valence-corrected chi connectivity index (χ0v) is 11.7. The molecule has 0 radical (unpaired) electrons. The number of nitrogens with one attached hydrogen (secondary N) is 1. The molecule has 1 fully saturated rings. The van der Waals surface area contributed by atoms with Gasteiger partial charge in [0.15, 0.2) is 0 Å². The van der Waals surface area contributed by atoms with Crippen molar-refractivity contribution in [1.82, 2.24) is 10.2 Å². The van der Waals surface area contributed by atoms with E-state index in [1.165, 1.54) is 11.1 Å². The van der Waals surface area contributed by atoms with Crippen molar-refractivity contribution in [3.8, 4) is 0 Å². The molecule has 3 heteroatoms. The molecule has 0 atom stereocenters. The molecule has 18 heavy (non-hydrogen) atoms. The Morgan fingerprint density at radius 2 is 1.89 bits per heavy atom. The van der Waals surface area contributed by atoms with Gasteiger partial charge >= 0.3 is 0 Å². The van der Waals surface area contributed by atoms with Crippen molar-refractivity contribution in [2.45, 2.75) is 32.5 Å². The molecule has 1 saturated heterocycles. The maximum atomic E-state index is 5.55. The number of nitrogens with zero attached hydrogens (tertiary/aromatic N) is 1. The van der Waals surface area contributed by atoms with Gasteiger partial charge in [0.1, 0.15) is 0 Å². The molecule has 3 nitrogen and oxygen atoms in total. The number of rotatable bonds is 4. The van der Waals surface area contributed by atoms with E-state index in [0.717, 1.165) is 32.8 Å². The van der Waals surface area contributed by atoms with Gasteiger partial charge in [-0.25, -0.2) is 0 Å². The molecule has 1 aromatic carbocycles. The Labute approximate surface area is 110 Å². The maximum absolute atomic E-state index is 5.55. The first-order chi connectivity index (χ1) is 8.62. The molecule has 1 aliphatic heterocycles. The second-order valence-electron chi connectivity index (χ2n) is 5.63. The number of morpholine rings is 1. The van der Waals surface area contributed by atoms with Crippen molar-refractivity contribution in [2.75, 3.05) is 26.8 Å². The highest BCUT2D eigenvalue weighted by molar-refractivity contribution is 5.22. The van der Waals surface area contributed by atoms with Gasteiger partial charge in [0.2, 0.25) is 0 Å². The average molecular weight is 248 g/mol. The molecule has 1 heterocycles. The third-order valence-electron chi connectivity index (χ3n) is 3.59. The second-order valence-corrected chi connectivity index (χ2v) is 5.63. The topological polar surface area (TPSA) is 24.5 Å². The van der Waals surface area contributed by atoms with Gasteiger partial charge in [0, 0.05) is 25.2 Å². The molecule has 0 saturated carbocycles. The zero-order valence-electron chi connectivity index (χ0n) is 11.7. The van der Waals surface area contributed by atoms with E-state index in [0.29, 0.717) is 0 Å². The summed E-state index contributed by atoms with van der Waals surface area (Å²) < 4.78 is 5.55. The molecule has 100 valence electrons. The van der Waals surface area contributed by atoms with Gasteiger partial charge in [-0.15, -0.1) is 0 Å². The normalized spacial score (nSPS) is 19.9. The van der Waals surface area contributed by atoms with Crippen LogP contribution in [0.5, 0.6) is 0 Å². The van der Waals surface area contributed by atoms with Crippen LogP contribution in [0.4, 0.5) is 0 Å². The molecule has 0 unspecified atom stereocenters. The first-order valence-corrected chi connectivity index (χ1v) is 6.67. The number of benzene rings is 1. The fraction of sp³-hybridized carbons (Fsp3) is 0.600. The van der Waals surface area contributed by atoms with Crippen LogP contribution in [-0.4, -0.2) is 37.2 Å². The van der Waals surface area contributed by atoms with E-state index >= 15 is 0 Å². The predicted octanol–water partition coefficient (Wildman–Crippen LogP) is 2.02. The van der Waals surface area contributed by atoms with Crippen LogP contribution in [0, 0.1) is 0 Å². The number of hydrogen-bond acceptors (Lipinski definition) is 3. The van der Waals surface area contributed by atoms with Crippen LogP contribution >= 0.6 is 0 Å². The summed E-state index contributed by atoms with van der Waals surface area (Å²) in [6.07, 6.45) is 0. The van der Waals surface area contributed by atoms with Crippen LogP contribution in [0.3, 0.4) is 0 Å². The third kappa shape index (κ3) is 3.31. The Kier molecular flexibility index (Phi) is 4.38. The van der Waals surface area contributed by atoms with Crippen molar-refractivity contribution in [1.29, 1.82) is 0 Å².